The molecule has 0 spiro atoms. The van der Waals surface area contributed by atoms with Crippen LogP contribution in [0.3, 0.4) is 0 Å². The van der Waals surface area contributed by atoms with Gasteiger partial charge in [-0.15, -0.1) is 0 Å². The maximum absolute atomic E-state index is 4.80. The second kappa shape index (κ2) is 1.90. The fourth-order valence-corrected chi connectivity index (χ4v) is 1.92. The molecule has 1 aromatic rings. The molecule has 38 valence electrons. The Morgan fingerprint density at radius 3 is 2.71 bits per heavy atom. The Hall–Kier alpha value is 0.0795. The normalized spacial score (nSPS) is 9.29. The van der Waals surface area contributed by atoms with E-state index in [1.165, 1.54) is 0 Å². The third-order valence-corrected chi connectivity index (χ3v) is 2.46. The molecule has 0 fully saturated rings. The summed E-state index contributed by atoms with van der Waals surface area (Å²) >= 11 is 5.15. The number of nitrogens with one attached hydrogen (secondary N) is 1. The minimum atomic E-state index is 0.356. The molecule has 1 heterocycles. The predicted molar refractivity (Wildman–Crippen MR) is 31.1 cm³/mol. The maximum atomic E-state index is 4.80. The molecule has 0 bridgehead atoms. The molecule has 0 atom stereocenters. The Bertz CT molecular complexity index is 201. The fourth-order valence-electron chi connectivity index (χ4n) is 0.304. The van der Waals surface area contributed by atoms with Crippen LogP contribution < -0.4 is 0 Å². The number of rotatable bonds is 0. The van der Waals surface area contributed by atoms with Crippen molar-refractivity contribution in [1.82, 2.24) is 10.2 Å². The molecule has 0 amide bonds. The standard InChI is InChI=1S/C3H4N2SSe/c1-2-4-5-3(6)7-2/h1H3,(H,5,6). The average molecular weight is 179 g/mol. The van der Waals surface area contributed by atoms with Gasteiger partial charge in [0.2, 0.25) is 0 Å². The Balaban J connectivity index is 3.30. The van der Waals surface area contributed by atoms with Crippen molar-refractivity contribution in [3.8, 4) is 0 Å². The Kier molecular flexibility index (Phi) is 1.42. The summed E-state index contributed by atoms with van der Waals surface area (Å²) in [7, 11) is 0. The van der Waals surface area contributed by atoms with Gasteiger partial charge in [0.15, 0.2) is 0 Å². The average Bonchev–Trinajstić information content (AvgIpc) is 1.87. The molecule has 0 unspecified atom stereocenters. The van der Waals surface area contributed by atoms with Gasteiger partial charge in [-0.25, -0.2) is 0 Å². The van der Waals surface area contributed by atoms with E-state index in [4.69, 9.17) is 12.2 Å². The van der Waals surface area contributed by atoms with Crippen molar-refractivity contribution in [1.29, 1.82) is 0 Å². The van der Waals surface area contributed by atoms with Crippen LogP contribution in [0, 0.1) is 10.4 Å². The van der Waals surface area contributed by atoms with Gasteiger partial charge in [0.05, 0.1) is 0 Å². The molecule has 0 aromatic carbocycles. The Morgan fingerprint density at radius 1 is 1.86 bits per heavy atom. The summed E-state index contributed by atoms with van der Waals surface area (Å²) in [5.74, 6) is 0. The van der Waals surface area contributed by atoms with Crippen LogP contribution in [0.1, 0.15) is 4.57 Å². The van der Waals surface area contributed by atoms with Crippen molar-refractivity contribution in [2.24, 2.45) is 0 Å². The topological polar surface area (TPSA) is 28.7 Å². The van der Waals surface area contributed by atoms with Crippen LogP contribution in [0.25, 0.3) is 0 Å². The molecule has 7 heavy (non-hydrogen) atoms. The van der Waals surface area contributed by atoms with Crippen LogP contribution in [0.4, 0.5) is 0 Å². The van der Waals surface area contributed by atoms with Crippen molar-refractivity contribution in [2.45, 2.75) is 6.92 Å². The number of aromatic nitrogens is 2. The SMILES string of the molecule is Cc1n[nH]c(=S)[se]1. The Morgan fingerprint density at radius 2 is 2.57 bits per heavy atom. The first-order valence-electron chi connectivity index (χ1n) is 1.81. The fraction of sp³-hybridized carbons (Fsp3) is 0.333. The van der Waals surface area contributed by atoms with E-state index < -0.39 is 0 Å². The Labute approximate surface area is 52.3 Å². The molecule has 1 aromatic heterocycles. The number of aryl methyl sites for hydroxylation is 1. The summed E-state index contributed by atoms with van der Waals surface area (Å²) in [5.41, 5.74) is 0. The number of hydrogen-bond acceptors (Lipinski definition) is 2. The molecule has 2 nitrogen and oxygen atoms in total. The van der Waals surface area contributed by atoms with Crippen LogP contribution in [0.2, 0.25) is 0 Å². The zero-order valence-electron chi connectivity index (χ0n) is 3.76. The monoisotopic (exact) mass is 180 g/mol. The van der Waals surface area contributed by atoms with E-state index >= 15 is 0 Å². The molecule has 1 rings (SSSR count). The van der Waals surface area contributed by atoms with Crippen LogP contribution in [-0.4, -0.2) is 24.7 Å². The van der Waals surface area contributed by atoms with Gasteiger partial charge in [-0.05, 0) is 0 Å². The third-order valence-electron chi connectivity index (χ3n) is 0.545. The van der Waals surface area contributed by atoms with Crippen LogP contribution in [0.15, 0.2) is 0 Å². The molecule has 0 aliphatic carbocycles. The van der Waals surface area contributed by atoms with Gasteiger partial charge in [-0.3, -0.25) is 0 Å². The minimum absolute atomic E-state index is 0.356. The van der Waals surface area contributed by atoms with Gasteiger partial charge in [-0.1, -0.05) is 0 Å². The first kappa shape index (κ1) is 5.22. The van der Waals surface area contributed by atoms with E-state index in [0.29, 0.717) is 14.5 Å². The molecule has 0 aliphatic heterocycles. The molecule has 0 aliphatic rings. The van der Waals surface area contributed by atoms with E-state index in [-0.39, 0.29) is 0 Å². The summed E-state index contributed by atoms with van der Waals surface area (Å²) in [4.78, 5) is 0. The van der Waals surface area contributed by atoms with Crippen molar-refractivity contribution in [2.75, 3.05) is 0 Å². The summed E-state index contributed by atoms with van der Waals surface area (Å²) in [6.45, 7) is 1.98. The van der Waals surface area contributed by atoms with E-state index in [1.54, 1.807) is 0 Å². The van der Waals surface area contributed by atoms with Crippen molar-refractivity contribution in [3.05, 3.63) is 8.08 Å². The van der Waals surface area contributed by atoms with E-state index in [0.717, 1.165) is 8.08 Å². The number of H-pyrrole nitrogens is 1. The number of hydrogen-bond donors (Lipinski definition) is 1. The summed E-state index contributed by atoms with van der Waals surface area (Å²) in [6.07, 6.45) is 0. The first-order valence-corrected chi connectivity index (χ1v) is 3.93. The number of aromatic amines is 1. The zero-order valence-corrected chi connectivity index (χ0v) is 6.29. The summed E-state index contributed by atoms with van der Waals surface area (Å²) in [6, 6.07) is 0. The molecule has 4 heteroatoms. The van der Waals surface area contributed by atoms with Gasteiger partial charge in [0.25, 0.3) is 0 Å². The van der Waals surface area contributed by atoms with Crippen molar-refractivity contribution >= 4 is 26.7 Å². The first-order chi connectivity index (χ1) is 3.29. The molecule has 1 N–H and O–H groups in total. The summed E-state index contributed by atoms with van der Waals surface area (Å²) < 4.78 is 2.03. The van der Waals surface area contributed by atoms with E-state index in [1.807, 2.05) is 6.92 Å². The van der Waals surface area contributed by atoms with Crippen LogP contribution in [0.5, 0.6) is 0 Å². The second-order valence-corrected chi connectivity index (χ2v) is 4.65. The molecule has 0 saturated carbocycles. The molecule has 0 saturated heterocycles. The quantitative estimate of drug-likeness (QED) is 0.464. The van der Waals surface area contributed by atoms with Gasteiger partial charge < -0.3 is 0 Å². The predicted octanol–water partition coefficient (Wildman–Crippen LogP) is 0.505. The molecular formula is C3H4N2SSe. The molecule has 0 radical (unpaired) electrons. The zero-order chi connectivity index (χ0) is 5.28. The van der Waals surface area contributed by atoms with E-state index in [9.17, 15) is 0 Å². The third kappa shape index (κ3) is 1.23. The molecular weight excluding hydrogens is 175 g/mol. The summed E-state index contributed by atoms with van der Waals surface area (Å²) in [5, 5.41) is 6.59. The number of nitrogens with zero attached hydrogens (tertiary/aromatic N) is 1. The van der Waals surface area contributed by atoms with Gasteiger partial charge in [0, 0.05) is 0 Å². The second-order valence-electron chi connectivity index (χ2n) is 1.13. The van der Waals surface area contributed by atoms with Crippen LogP contribution in [-0.2, 0) is 0 Å². The van der Waals surface area contributed by atoms with Crippen LogP contribution >= 0.6 is 12.2 Å². The van der Waals surface area contributed by atoms with E-state index in [2.05, 4.69) is 10.2 Å². The van der Waals surface area contributed by atoms with Gasteiger partial charge in [0.1, 0.15) is 0 Å². The van der Waals surface area contributed by atoms with Gasteiger partial charge in [-0.2, -0.15) is 0 Å². The van der Waals surface area contributed by atoms with Crippen molar-refractivity contribution < 1.29 is 0 Å². The van der Waals surface area contributed by atoms with Crippen molar-refractivity contribution in [3.63, 3.8) is 0 Å². The van der Waals surface area contributed by atoms with Gasteiger partial charge >= 0.3 is 51.9 Å².